The summed E-state index contributed by atoms with van der Waals surface area (Å²) >= 11 is 1.59. The molecule has 0 aliphatic carbocycles. The summed E-state index contributed by atoms with van der Waals surface area (Å²) in [5, 5.41) is 2.60. The number of thioether (sulfide) groups is 1. The quantitative estimate of drug-likeness (QED) is 0.697. The molecule has 3 N–H and O–H groups in total. The minimum atomic E-state index is -0.675. The standard InChI is InChI=1S/C15H20N2O5S.ClH/c1-21-14(19)9-6-10(15(20)22-2)8-11(7-9)17-13(18)12(16)4-5-23-3;/h6-8,12H,4-5,16H2,1-3H3,(H,17,18);1H/t12-;/m0./s1. The fraction of sp³-hybridized carbons (Fsp3) is 0.400. The Labute approximate surface area is 151 Å². The maximum atomic E-state index is 12.0. The molecule has 0 bridgehead atoms. The van der Waals surface area contributed by atoms with Gasteiger partial charge in [0.1, 0.15) is 0 Å². The molecule has 0 unspecified atom stereocenters. The maximum Gasteiger partial charge on any atom is 0.337 e. The third-order valence-corrected chi connectivity index (χ3v) is 3.66. The van der Waals surface area contributed by atoms with Crippen molar-refractivity contribution >= 4 is 47.7 Å². The Hall–Kier alpha value is -1.77. The number of esters is 2. The largest absolute Gasteiger partial charge is 0.465 e. The van der Waals surface area contributed by atoms with Crippen LogP contribution in [0.4, 0.5) is 5.69 Å². The summed E-state index contributed by atoms with van der Waals surface area (Å²) in [6.07, 6.45) is 2.45. The third kappa shape index (κ3) is 6.38. The Morgan fingerprint density at radius 3 is 2.04 bits per heavy atom. The molecule has 0 aromatic heterocycles. The van der Waals surface area contributed by atoms with Crippen molar-refractivity contribution < 1.29 is 23.9 Å². The number of amides is 1. The van der Waals surface area contributed by atoms with Crippen LogP contribution in [0, 0.1) is 0 Å². The molecule has 0 spiro atoms. The number of carbonyl (C=O) groups excluding carboxylic acids is 3. The predicted octanol–water partition coefficient (Wildman–Crippen LogP) is 1.70. The second kappa shape index (κ2) is 10.9. The zero-order chi connectivity index (χ0) is 17.4. The molecule has 7 nitrogen and oxygen atoms in total. The zero-order valence-electron chi connectivity index (χ0n) is 13.7. The van der Waals surface area contributed by atoms with Crippen LogP contribution in [0.5, 0.6) is 0 Å². The molecule has 1 atom stereocenters. The molecule has 134 valence electrons. The highest BCUT2D eigenvalue weighted by Gasteiger charge is 2.17. The van der Waals surface area contributed by atoms with Gasteiger partial charge in [0.25, 0.3) is 0 Å². The van der Waals surface area contributed by atoms with E-state index in [-0.39, 0.29) is 29.2 Å². The lowest BCUT2D eigenvalue weighted by Gasteiger charge is -2.13. The van der Waals surface area contributed by atoms with Gasteiger partial charge < -0.3 is 20.5 Å². The van der Waals surface area contributed by atoms with Crippen molar-refractivity contribution in [1.82, 2.24) is 0 Å². The molecule has 1 aromatic carbocycles. The van der Waals surface area contributed by atoms with Crippen molar-refractivity contribution in [3.63, 3.8) is 0 Å². The number of anilines is 1. The molecular formula is C15H21ClN2O5S. The Morgan fingerprint density at radius 2 is 1.62 bits per heavy atom. The Bertz CT molecular complexity index is 563. The van der Waals surface area contributed by atoms with Crippen LogP contribution in [0.3, 0.4) is 0 Å². The van der Waals surface area contributed by atoms with Crippen LogP contribution in [0.2, 0.25) is 0 Å². The number of ether oxygens (including phenoxy) is 2. The summed E-state index contributed by atoms with van der Waals surface area (Å²) in [6.45, 7) is 0. The topological polar surface area (TPSA) is 108 Å². The van der Waals surface area contributed by atoms with Crippen LogP contribution in [-0.4, -0.2) is 50.1 Å². The van der Waals surface area contributed by atoms with Crippen molar-refractivity contribution in [1.29, 1.82) is 0 Å². The number of hydrogen-bond donors (Lipinski definition) is 2. The number of methoxy groups -OCH3 is 2. The van der Waals surface area contributed by atoms with E-state index in [2.05, 4.69) is 14.8 Å². The van der Waals surface area contributed by atoms with Crippen molar-refractivity contribution in [3.8, 4) is 0 Å². The van der Waals surface area contributed by atoms with Crippen LogP contribution < -0.4 is 11.1 Å². The molecule has 0 heterocycles. The molecule has 0 fully saturated rings. The predicted molar refractivity (Wildman–Crippen MR) is 96.0 cm³/mol. The zero-order valence-corrected chi connectivity index (χ0v) is 15.3. The lowest BCUT2D eigenvalue weighted by molar-refractivity contribution is -0.117. The number of nitrogens with two attached hydrogens (primary N) is 1. The first-order valence-electron chi connectivity index (χ1n) is 6.80. The first kappa shape index (κ1) is 22.2. The molecule has 1 aromatic rings. The van der Waals surface area contributed by atoms with Gasteiger partial charge in [0, 0.05) is 5.69 Å². The lowest BCUT2D eigenvalue weighted by atomic mass is 10.1. The van der Waals surface area contributed by atoms with Gasteiger partial charge in [-0.25, -0.2) is 9.59 Å². The number of benzene rings is 1. The van der Waals surface area contributed by atoms with E-state index in [9.17, 15) is 14.4 Å². The second-order valence-electron chi connectivity index (χ2n) is 4.66. The maximum absolute atomic E-state index is 12.0. The second-order valence-corrected chi connectivity index (χ2v) is 5.65. The van der Waals surface area contributed by atoms with E-state index in [1.165, 1.54) is 32.4 Å². The number of carbonyl (C=O) groups is 3. The van der Waals surface area contributed by atoms with Crippen LogP contribution in [0.15, 0.2) is 18.2 Å². The summed E-state index contributed by atoms with van der Waals surface area (Å²) in [5.41, 5.74) is 6.32. The normalized spacial score (nSPS) is 11.0. The van der Waals surface area contributed by atoms with Gasteiger partial charge in [-0.1, -0.05) is 0 Å². The first-order chi connectivity index (χ1) is 10.9. The minimum absolute atomic E-state index is 0. The summed E-state index contributed by atoms with van der Waals surface area (Å²) in [4.78, 5) is 35.4. The van der Waals surface area contributed by atoms with Gasteiger partial charge in [-0.05, 0) is 36.6 Å². The van der Waals surface area contributed by atoms with Gasteiger partial charge in [0.15, 0.2) is 0 Å². The summed E-state index contributed by atoms with van der Waals surface area (Å²) in [6, 6.07) is 3.49. The molecule has 0 saturated heterocycles. The van der Waals surface area contributed by atoms with Gasteiger partial charge >= 0.3 is 11.9 Å². The lowest BCUT2D eigenvalue weighted by Crippen LogP contribution is -2.36. The van der Waals surface area contributed by atoms with Gasteiger partial charge in [-0.2, -0.15) is 11.8 Å². The molecule has 9 heteroatoms. The van der Waals surface area contributed by atoms with E-state index in [1.54, 1.807) is 11.8 Å². The van der Waals surface area contributed by atoms with Crippen molar-refractivity contribution in [2.75, 3.05) is 31.5 Å². The SMILES string of the molecule is COC(=O)c1cc(NC(=O)[C@@H](N)CCSC)cc(C(=O)OC)c1.Cl. The monoisotopic (exact) mass is 376 g/mol. The van der Waals surface area contributed by atoms with Gasteiger partial charge in [-0.3, -0.25) is 4.79 Å². The van der Waals surface area contributed by atoms with Gasteiger partial charge in [-0.15, -0.1) is 12.4 Å². The summed E-state index contributed by atoms with van der Waals surface area (Å²) < 4.78 is 9.27. The van der Waals surface area contributed by atoms with Crippen molar-refractivity contribution in [3.05, 3.63) is 29.3 Å². The molecule has 0 radical (unpaired) electrons. The fourth-order valence-electron chi connectivity index (χ4n) is 1.78. The van der Waals surface area contributed by atoms with Gasteiger partial charge in [0.2, 0.25) is 5.91 Å². The fourth-order valence-corrected chi connectivity index (χ4v) is 2.27. The van der Waals surface area contributed by atoms with E-state index >= 15 is 0 Å². The van der Waals surface area contributed by atoms with Crippen LogP contribution in [-0.2, 0) is 14.3 Å². The number of nitrogens with one attached hydrogen (secondary N) is 1. The highest BCUT2D eigenvalue weighted by molar-refractivity contribution is 7.98. The molecule has 0 saturated carbocycles. The number of halogens is 1. The van der Waals surface area contributed by atoms with Crippen LogP contribution in [0.1, 0.15) is 27.1 Å². The average Bonchev–Trinajstić information content (AvgIpc) is 2.57. The molecular weight excluding hydrogens is 356 g/mol. The molecule has 0 aliphatic rings. The number of hydrogen-bond acceptors (Lipinski definition) is 7. The Balaban J connectivity index is 0.00000529. The molecule has 24 heavy (non-hydrogen) atoms. The first-order valence-corrected chi connectivity index (χ1v) is 8.19. The van der Waals surface area contributed by atoms with Gasteiger partial charge in [0.05, 0.1) is 31.4 Å². The van der Waals surface area contributed by atoms with E-state index in [1.807, 2.05) is 6.26 Å². The van der Waals surface area contributed by atoms with Crippen molar-refractivity contribution in [2.45, 2.75) is 12.5 Å². The summed E-state index contributed by atoms with van der Waals surface area (Å²) in [7, 11) is 2.45. The average molecular weight is 377 g/mol. The summed E-state index contributed by atoms with van der Waals surface area (Å²) in [5.74, 6) is -0.891. The van der Waals surface area contributed by atoms with E-state index in [0.717, 1.165) is 5.75 Å². The van der Waals surface area contributed by atoms with E-state index in [0.29, 0.717) is 6.42 Å². The van der Waals surface area contributed by atoms with Crippen LogP contribution >= 0.6 is 24.2 Å². The molecule has 0 aliphatic heterocycles. The minimum Gasteiger partial charge on any atom is -0.465 e. The highest BCUT2D eigenvalue weighted by atomic mass is 35.5. The van der Waals surface area contributed by atoms with E-state index in [4.69, 9.17) is 5.73 Å². The smallest absolute Gasteiger partial charge is 0.337 e. The van der Waals surface area contributed by atoms with Crippen LogP contribution in [0.25, 0.3) is 0 Å². The Morgan fingerprint density at radius 1 is 1.12 bits per heavy atom. The van der Waals surface area contributed by atoms with Crippen molar-refractivity contribution in [2.24, 2.45) is 5.73 Å². The molecule has 1 rings (SSSR count). The molecule has 1 amide bonds. The Kier molecular flexibility index (Phi) is 10.1. The number of rotatable bonds is 7. The third-order valence-electron chi connectivity index (χ3n) is 3.01. The highest BCUT2D eigenvalue weighted by Crippen LogP contribution is 2.17. The van der Waals surface area contributed by atoms with E-state index < -0.39 is 23.9 Å².